The number of halogens is 2. The molecule has 1 aliphatic rings. The van der Waals surface area contributed by atoms with Gasteiger partial charge in [-0.05, 0) is 26.0 Å². The SMILES string of the molecule is CCNc1cc(C)nc(N2CCN(C(=O)Cc3c(F)cccc3Cl)CC2)n1. The highest BCUT2D eigenvalue weighted by atomic mass is 35.5. The van der Waals surface area contributed by atoms with E-state index in [0.29, 0.717) is 32.1 Å². The van der Waals surface area contributed by atoms with Gasteiger partial charge in [0, 0.05) is 55.1 Å². The Morgan fingerprint density at radius 3 is 2.67 bits per heavy atom. The van der Waals surface area contributed by atoms with Crippen LogP contribution in [0.3, 0.4) is 0 Å². The number of nitrogens with zero attached hydrogens (tertiary/aromatic N) is 4. The molecular weight excluding hydrogens is 369 g/mol. The normalized spacial score (nSPS) is 14.4. The molecule has 27 heavy (non-hydrogen) atoms. The lowest BCUT2D eigenvalue weighted by Gasteiger charge is -2.35. The van der Waals surface area contributed by atoms with E-state index in [1.54, 1.807) is 11.0 Å². The zero-order chi connectivity index (χ0) is 19.4. The largest absolute Gasteiger partial charge is 0.370 e. The van der Waals surface area contributed by atoms with Crippen molar-refractivity contribution < 1.29 is 9.18 Å². The summed E-state index contributed by atoms with van der Waals surface area (Å²) in [6.45, 7) is 7.08. The van der Waals surface area contributed by atoms with E-state index in [2.05, 4.69) is 20.2 Å². The van der Waals surface area contributed by atoms with Crippen LogP contribution in [0, 0.1) is 12.7 Å². The summed E-state index contributed by atoms with van der Waals surface area (Å²) in [5, 5.41) is 3.49. The Morgan fingerprint density at radius 1 is 1.26 bits per heavy atom. The van der Waals surface area contributed by atoms with Gasteiger partial charge >= 0.3 is 0 Å². The molecule has 0 aliphatic carbocycles. The first kappa shape index (κ1) is 19.4. The summed E-state index contributed by atoms with van der Waals surface area (Å²) in [6.07, 6.45) is -0.0307. The van der Waals surface area contributed by atoms with Crippen LogP contribution in [0.4, 0.5) is 16.2 Å². The molecule has 0 bridgehead atoms. The Bertz CT molecular complexity index is 803. The van der Waals surface area contributed by atoms with E-state index in [1.165, 1.54) is 12.1 Å². The standard InChI is InChI=1S/C19H23ClFN5O/c1-3-22-17-11-13(2)23-19(24-17)26-9-7-25(8-10-26)18(27)12-14-15(20)5-4-6-16(14)21/h4-6,11H,3,7-10,12H2,1-2H3,(H,22,23,24). The number of hydrogen-bond donors (Lipinski definition) is 1. The number of amides is 1. The van der Waals surface area contributed by atoms with Gasteiger partial charge in [0.2, 0.25) is 11.9 Å². The molecule has 0 spiro atoms. The van der Waals surface area contributed by atoms with Crippen molar-refractivity contribution in [1.29, 1.82) is 0 Å². The molecule has 0 saturated carbocycles. The Balaban J connectivity index is 1.62. The molecule has 8 heteroatoms. The third kappa shape index (κ3) is 4.66. The molecule has 0 atom stereocenters. The fraction of sp³-hybridized carbons (Fsp3) is 0.421. The van der Waals surface area contributed by atoms with Crippen molar-refractivity contribution in [2.45, 2.75) is 20.3 Å². The van der Waals surface area contributed by atoms with E-state index in [4.69, 9.17) is 11.6 Å². The minimum atomic E-state index is -0.446. The number of hydrogen-bond acceptors (Lipinski definition) is 5. The maximum Gasteiger partial charge on any atom is 0.227 e. The highest BCUT2D eigenvalue weighted by Crippen LogP contribution is 2.21. The maximum absolute atomic E-state index is 13.9. The average Bonchev–Trinajstić information content (AvgIpc) is 2.64. The van der Waals surface area contributed by atoms with Gasteiger partial charge in [-0.15, -0.1) is 0 Å². The molecule has 144 valence electrons. The van der Waals surface area contributed by atoms with Gasteiger partial charge in [-0.25, -0.2) is 9.37 Å². The van der Waals surface area contributed by atoms with Crippen LogP contribution in [0.15, 0.2) is 24.3 Å². The predicted molar refractivity (Wildman–Crippen MR) is 105 cm³/mol. The van der Waals surface area contributed by atoms with Gasteiger partial charge < -0.3 is 15.1 Å². The highest BCUT2D eigenvalue weighted by Gasteiger charge is 2.24. The van der Waals surface area contributed by atoms with Crippen molar-refractivity contribution in [3.05, 3.63) is 46.4 Å². The Labute approximate surface area is 163 Å². The summed E-state index contributed by atoms with van der Waals surface area (Å²) in [7, 11) is 0. The second-order valence-corrected chi connectivity index (χ2v) is 6.88. The Morgan fingerprint density at radius 2 is 2.00 bits per heavy atom. The molecule has 1 amide bonds. The number of anilines is 2. The van der Waals surface area contributed by atoms with Gasteiger partial charge in [-0.2, -0.15) is 4.98 Å². The monoisotopic (exact) mass is 391 g/mol. The number of carbonyl (C=O) groups excluding carboxylic acids is 1. The van der Waals surface area contributed by atoms with Crippen LogP contribution in [0.1, 0.15) is 18.2 Å². The van der Waals surface area contributed by atoms with Crippen LogP contribution in [-0.4, -0.2) is 53.5 Å². The lowest BCUT2D eigenvalue weighted by Crippen LogP contribution is -2.49. The Kier molecular flexibility index (Phi) is 6.11. The van der Waals surface area contributed by atoms with Crippen LogP contribution in [-0.2, 0) is 11.2 Å². The second-order valence-electron chi connectivity index (χ2n) is 6.47. The molecular formula is C19H23ClFN5O. The van der Waals surface area contributed by atoms with E-state index in [0.717, 1.165) is 18.1 Å². The lowest BCUT2D eigenvalue weighted by atomic mass is 10.1. The smallest absolute Gasteiger partial charge is 0.227 e. The fourth-order valence-electron chi connectivity index (χ4n) is 3.09. The summed E-state index contributed by atoms with van der Waals surface area (Å²) >= 11 is 6.03. The average molecular weight is 392 g/mol. The topological polar surface area (TPSA) is 61.4 Å². The highest BCUT2D eigenvalue weighted by molar-refractivity contribution is 6.31. The second kappa shape index (κ2) is 8.52. The number of carbonyl (C=O) groups is 1. The van der Waals surface area contributed by atoms with E-state index in [-0.39, 0.29) is 22.9 Å². The number of nitrogens with one attached hydrogen (secondary N) is 1. The first-order valence-electron chi connectivity index (χ1n) is 9.03. The van der Waals surface area contributed by atoms with Crippen LogP contribution < -0.4 is 10.2 Å². The van der Waals surface area contributed by atoms with Gasteiger partial charge in [0.25, 0.3) is 0 Å². The number of benzene rings is 1. The van der Waals surface area contributed by atoms with Crippen molar-refractivity contribution in [1.82, 2.24) is 14.9 Å². The molecule has 0 unspecified atom stereocenters. The summed E-state index contributed by atoms with van der Waals surface area (Å²) in [4.78, 5) is 25.4. The van der Waals surface area contributed by atoms with E-state index in [9.17, 15) is 9.18 Å². The number of rotatable bonds is 5. The number of piperazine rings is 1. The lowest BCUT2D eigenvalue weighted by molar-refractivity contribution is -0.130. The minimum absolute atomic E-state index is 0.0307. The molecule has 1 fully saturated rings. The van der Waals surface area contributed by atoms with Crippen molar-refractivity contribution in [3.63, 3.8) is 0 Å². The van der Waals surface area contributed by atoms with E-state index < -0.39 is 5.82 Å². The third-order valence-corrected chi connectivity index (χ3v) is 4.86. The van der Waals surface area contributed by atoms with Gasteiger partial charge in [0.05, 0.1) is 6.42 Å². The van der Waals surface area contributed by atoms with E-state index in [1.807, 2.05) is 19.9 Å². The van der Waals surface area contributed by atoms with Crippen LogP contribution in [0.25, 0.3) is 0 Å². The predicted octanol–water partition coefficient (Wildman–Crippen LogP) is 2.90. The fourth-order valence-corrected chi connectivity index (χ4v) is 3.32. The maximum atomic E-state index is 13.9. The zero-order valence-corrected chi connectivity index (χ0v) is 16.3. The van der Waals surface area contributed by atoms with Gasteiger partial charge in [-0.1, -0.05) is 17.7 Å². The third-order valence-electron chi connectivity index (χ3n) is 4.51. The van der Waals surface area contributed by atoms with Crippen molar-refractivity contribution in [2.24, 2.45) is 0 Å². The zero-order valence-electron chi connectivity index (χ0n) is 15.5. The van der Waals surface area contributed by atoms with Gasteiger partial charge in [0.15, 0.2) is 0 Å². The first-order valence-corrected chi connectivity index (χ1v) is 9.41. The molecule has 1 aromatic heterocycles. The summed E-state index contributed by atoms with van der Waals surface area (Å²) in [6, 6.07) is 6.37. The number of aromatic nitrogens is 2. The quantitative estimate of drug-likeness (QED) is 0.849. The summed E-state index contributed by atoms with van der Waals surface area (Å²) in [5.74, 6) is 0.890. The van der Waals surface area contributed by atoms with Gasteiger partial charge in [0.1, 0.15) is 11.6 Å². The van der Waals surface area contributed by atoms with Crippen molar-refractivity contribution in [3.8, 4) is 0 Å². The molecule has 0 radical (unpaired) electrons. The molecule has 1 aromatic carbocycles. The summed E-state index contributed by atoms with van der Waals surface area (Å²) in [5.41, 5.74) is 1.15. The molecule has 1 saturated heterocycles. The van der Waals surface area contributed by atoms with Crippen molar-refractivity contribution >= 4 is 29.3 Å². The molecule has 2 aromatic rings. The molecule has 6 nitrogen and oxygen atoms in total. The van der Waals surface area contributed by atoms with E-state index >= 15 is 0 Å². The van der Waals surface area contributed by atoms with Crippen LogP contribution >= 0.6 is 11.6 Å². The first-order chi connectivity index (χ1) is 13.0. The van der Waals surface area contributed by atoms with Gasteiger partial charge in [-0.3, -0.25) is 4.79 Å². The minimum Gasteiger partial charge on any atom is -0.370 e. The van der Waals surface area contributed by atoms with Crippen LogP contribution in [0.2, 0.25) is 5.02 Å². The molecule has 2 heterocycles. The molecule has 1 N–H and O–H groups in total. The Hall–Kier alpha value is -2.41. The van der Waals surface area contributed by atoms with Crippen LogP contribution in [0.5, 0.6) is 0 Å². The summed E-state index contributed by atoms with van der Waals surface area (Å²) < 4.78 is 13.9. The van der Waals surface area contributed by atoms with Crippen molar-refractivity contribution in [2.75, 3.05) is 42.9 Å². The molecule has 1 aliphatic heterocycles. The number of aryl methyl sites for hydroxylation is 1. The molecule has 3 rings (SSSR count).